The van der Waals surface area contributed by atoms with Gasteiger partial charge in [0, 0.05) is 12.8 Å². The summed E-state index contributed by atoms with van der Waals surface area (Å²) in [6.07, 6.45) is 41.5. The van der Waals surface area contributed by atoms with Gasteiger partial charge in [0.15, 0.2) is 6.29 Å². The molecule has 0 spiro atoms. The van der Waals surface area contributed by atoms with Crippen molar-refractivity contribution in [1.29, 1.82) is 0 Å². The normalized spacial score (nSPS) is 20.8. The molecule has 1 fully saturated rings. The molecular formula is C51H87NO10. The topological polar surface area (TPSA) is 175 Å². The maximum atomic E-state index is 12.9. The van der Waals surface area contributed by atoms with Gasteiger partial charge in [-0.25, -0.2) is 0 Å². The van der Waals surface area contributed by atoms with Crippen molar-refractivity contribution in [2.24, 2.45) is 0 Å². The SMILES string of the molecule is C/C=C/CC/C=C/CC/C=C/C(O)C(COC1OC(CO)C(O)C(O)C1O)NC(=O)CCCCCCC/C=C\CCCCOC(=O)CCCCCCC/C=C\C/C=C\CCCC. The molecule has 11 heteroatoms. The van der Waals surface area contributed by atoms with Gasteiger partial charge < -0.3 is 45.1 Å². The molecule has 6 N–H and O–H groups in total. The second-order valence-corrected chi connectivity index (χ2v) is 16.4. The lowest BCUT2D eigenvalue weighted by Crippen LogP contribution is -2.60. The van der Waals surface area contributed by atoms with Crippen molar-refractivity contribution in [3.63, 3.8) is 0 Å². The number of hydrogen-bond donors (Lipinski definition) is 6. The molecule has 1 heterocycles. The Bertz CT molecular complexity index is 1260. The predicted molar refractivity (Wildman–Crippen MR) is 250 cm³/mol. The van der Waals surface area contributed by atoms with E-state index in [1.807, 2.05) is 19.1 Å². The number of carbonyl (C=O) groups is 2. The van der Waals surface area contributed by atoms with E-state index in [1.165, 1.54) is 38.5 Å². The Morgan fingerprint density at radius 3 is 1.79 bits per heavy atom. The zero-order valence-corrected chi connectivity index (χ0v) is 38.5. The molecule has 0 radical (unpaired) electrons. The van der Waals surface area contributed by atoms with Crippen LogP contribution in [-0.4, -0.2) is 100 Å². The molecule has 1 aliphatic rings. The Hall–Kier alpha value is -2.90. The zero-order valence-electron chi connectivity index (χ0n) is 38.5. The second-order valence-electron chi connectivity index (χ2n) is 16.4. The molecule has 11 nitrogen and oxygen atoms in total. The number of amides is 1. The number of carbonyl (C=O) groups excluding carboxylic acids is 2. The fourth-order valence-corrected chi connectivity index (χ4v) is 6.89. The van der Waals surface area contributed by atoms with Gasteiger partial charge in [0.05, 0.1) is 32.0 Å². The lowest BCUT2D eigenvalue weighted by Gasteiger charge is -2.40. The third kappa shape index (κ3) is 31.0. The third-order valence-electron chi connectivity index (χ3n) is 10.8. The number of hydrogen-bond acceptors (Lipinski definition) is 10. The van der Waals surface area contributed by atoms with Gasteiger partial charge in [-0.3, -0.25) is 9.59 Å². The van der Waals surface area contributed by atoms with Gasteiger partial charge in [-0.1, -0.05) is 131 Å². The summed E-state index contributed by atoms with van der Waals surface area (Å²) in [5.74, 6) is -0.309. The summed E-state index contributed by atoms with van der Waals surface area (Å²) in [6, 6.07) is -0.856. The van der Waals surface area contributed by atoms with Crippen molar-refractivity contribution >= 4 is 11.9 Å². The highest BCUT2D eigenvalue weighted by molar-refractivity contribution is 5.76. The smallest absolute Gasteiger partial charge is 0.305 e. The van der Waals surface area contributed by atoms with E-state index in [0.29, 0.717) is 25.9 Å². The average molecular weight is 874 g/mol. The Labute approximate surface area is 375 Å². The molecule has 1 rings (SSSR count). The first-order valence-electron chi connectivity index (χ1n) is 24.2. The van der Waals surface area contributed by atoms with Crippen molar-refractivity contribution in [2.45, 2.75) is 217 Å². The van der Waals surface area contributed by atoms with Crippen molar-refractivity contribution in [1.82, 2.24) is 5.32 Å². The summed E-state index contributed by atoms with van der Waals surface area (Å²) in [7, 11) is 0. The van der Waals surface area contributed by atoms with Crippen molar-refractivity contribution in [3.8, 4) is 0 Å². The third-order valence-corrected chi connectivity index (χ3v) is 10.8. The molecule has 356 valence electrons. The molecule has 0 bridgehead atoms. The van der Waals surface area contributed by atoms with Crippen LogP contribution >= 0.6 is 0 Å². The molecule has 0 aromatic heterocycles. The van der Waals surface area contributed by atoms with Crippen LogP contribution in [0.25, 0.3) is 0 Å². The van der Waals surface area contributed by atoms with Crippen LogP contribution in [0.4, 0.5) is 0 Å². The van der Waals surface area contributed by atoms with E-state index in [2.05, 4.69) is 66.9 Å². The molecule has 0 saturated carbocycles. The van der Waals surface area contributed by atoms with Gasteiger partial charge in [0.1, 0.15) is 24.4 Å². The summed E-state index contributed by atoms with van der Waals surface area (Å²) < 4.78 is 16.5. The van der Waals surface area contributed by atoms with E-state index in [-0.39, 0.29) is 24.9 Å². The molecule has 0 aromatic carbocycles. The minimum Gasteiger partial charge on any atom is -0.466 e. The number of allylic oxidation sites excluding steroid dienone is 11. The number of aliphatic hydroxyl groups excluding tert-OH is 5. The Balaban J connectivity index is 2.20. The molecule has 1 aliphatic heterocycles. The highest BCUT2D eigenvalue weighted by Crippen LogP contribution is 2.22. The van der Waals surface area contributed by atoms with Crippen molar-refractivity contribution in [2.75, 3.05) is 19.8 Å². The number of unbranched alkanes of at least 4 members (excludes halogenated alkanes) is 16. The summed E-state index contributed by atoms with van der Waals surface area (Å²) >= 11 is 0. The summed E-state index contributed by atoms with van der Waals surface area (Å²) in [5.41, 5.74) is 0. The van der Waals surface area contributed by atoms with E-state index >= 15 is 0 Å². The van der Waals surface area contributed by atoms with Gasteiger partial charge in [-0.05, 0) is 103 Å². The quantitative estimate of drug-likeness (QED) is 0.0198. The van der Waals surface area contributed by atoms with Crippen LogP contribution in [0.3, 0.4) is 0 Å². The lowest BCUT2D eigenvalue weighted by atomic mass is 9.99. The van der Waals surface area contributed by atoms with Gasteiger partial charge in [0.2, 0.25) is 5.91 Å². The van der Waals surface area contributed by atoms with E-state index in [4.69, 9.17) is 14.2 Å². The maximum Gasteiger partial charge on any atom is 0.305 e. The van der Waals surface area contributed by atoms with Crippen LogP contribution in [0.1, 0.15) is 174 Å². The van der Waals surface area contributed by atoms with Crippen LogP contribution in [0.5, 0.6) is 0 Å². The van der Waals surface area contributed by atoms with Gasteiger partial charge >= 0.3 is 5.97 Å². The summed E-state index contributed by atoms with van der Waals surface area (Å²) in [6.45, 7) is 3.89. The average Bonchev–Trinajstić information content (AvgIpc) is 3.27. The van der Waals surface area contributed by atoms with Gasteiger partial charge in [-0.2, -0.15) is 0 Å². The molecule has 1 saturated heterocycles. The summed E-state index contributed by atoms with van der Waals surface area (Å²) in [5, 5.41) is 53.9. The largest absolute Gasteiger partial charge is 0.466 e. The maximum absolute atomic E-state index is 12.9. The first kappa shape index (κ1) is 57.1. The molecular weight excluding hydrogens is 787 g/mol. The van der Waals surface area contributed by atoms with Gasteiger partial charge in [-0.15, -0.1) is 0 Å². The number of nitrogens with one attached hydrogen (secondary N) is 1. The van der Waals surface area contributed by atoms with Gasteiger partial charge in [0.25, 0.3) is 0 Å². The predicted octanol–water partition coefficient (Wildman–Crippen LogP) is 9.32. The van der Waals surface area contributed by atoms with Crippen molar-refractivity contribution in [3.05, 3.63) is 72.9 Å². The highest BCUT2D eigenvalue weighted by atomic mass is 16.7. The number of rotatable bonds is 39. The number of esters is 1. The fourth-order valence-electron chi connectivity index (χ4n) is 6.89. The molecule has 0 aliphatic carbocycles. The lowest BCUT2D eigenvalue weighted by molar-refractivity contribution is -0.302. The van der Waals surface area contributed by atoms with Crippen LogP contribution in [-0.2, 0) is 23.8 Å². The Kier molecular flexibility index (Phi) is 37.6. The monoisotopic (exact) mass is 874 g/mol. The molecule has 7 atom stereocenters. The molecule has 7 unspecified atom stereocenters. The minimum absolute atomic E-state index is 0.0762. The van der Waals surface area contributed by atoms with Crippen molar-refractivity contribution < 1.29 is 49.3 Å². The summed E-state index contributed by atoms with van der Waals surface area (Å²) in [4.78, 5) is 25.0. The second kappa shape index (κ2) is 40.8. The Morgan fingerprint density at radius 1 is 0.629 bits per heavy atom. The molecule has 0 aromatic rings. The standard InChI is InChI=1S/C51H87NO10/c1-3-5-7-9-11-13-14-15-16-19-23-27-31-35-39-47(56)60-40-36-32-28-24-20-17-18-22-26-30-34-38-46(55)52-43(44(54)37-33-29-25-21-12-10-8-6-4-2)42-61-51-50(59)49(58)48(57)45(41-53)62-51/h4,6,9,11-12,14-15,20-21,24,33,37,43-45,48-51,53-54,57-59H,3,5,7-8,10,13,16-19,22-23,25-32,34-36,38-42H2,1-2H3,(H,52,55)/b6-4+,11-9-,15-14-,21-12+,24-20-,37-33+. The van der Waals surface area contributed by atoms with Crippen LogP contribution < -0.4 is 5.32 Å². The first-order chi connectivity index (χ1) is 30.2. The first-order valence-corrected chi connectivity index (χ1v) is 24.2. The van der Waals surface area contributed by atoms with E-state index in [9.17, 15) is 35.1 Å². The minimum atomic E-state index is -1.59. The Morgan fingerprint density at radius 2 is 1.16 bits per heavy atom. The van der Waals surface area contributed by atoms with E-state index < -0.39 is 49.5 Å². The number of aliphatic hydroxyl groups is 5. The zero-order chi connectivity index (χ0) is 45.3. The fraction of sp³-hybridized carbons (Fsp3) is 0.725. The molecule has 62 heavy (non-hydrogen) atoms. The highest BCUT2D eigenvalue weighted by Gasteiger charge is 2.44. The van der Waals surface area contributed by atoms with Crippen LogP contribution in [0, 0.1) is 0 Å². The number of ether oxygens (including phenoxy) is 3. The molecule has 1 amide bonds. The van der Waals surface area contributed by atoms with Crippen LogP contribution in [0.15, 0.2) is 72.9 Å². The van der Waals surface area contributed by atoms with Crippen LogP contribution in [0.2, 0.25) is 0 Å². The van der Waals surface area contributed by atoms with E-state index in [0.717, 1.165) is 96.3 Å². The van der Waals surface area contributed by atoms with E-state index in [1.54, 1.807) is 6.08 Å².